The van der Waals surface area contributed by atoms with Crippen molar-refractivity contribution < 1.29 is 24.2 Å². The number of benzene rings is 2. The highest BCUT2D eigenvalue weighted by Gasteiger charge is 2.44. The maximum Gasteiger partial charge on any atom is 0.335 e. The second-order valence-corrected chi connectivity index (χ2v) is 9.44. The molecule has 1 heterocycles. The number of halogens is 1. The van der Waals surface area contributed by atoms with Crippen molar-refractivity contribution in [3.63, 3.8) is 0 Å². The van der Waals surface area contributed by atoms with Gasteiger partial charge in [0.15, 0.2) is 5.78 Å². The summed E-state index contributed by atoms with van der Waals surface area (Å²) in [5.41, 5.74) is 2.05. The van der Waals surface area contributed by atoms with Crippen LogP contribution in [0.3, 0.4) is 0 Å². The second kappa shape index (κ2) is 8.10. The number of allylic oxidation sites excluding steroid dienone is 2. The smallest absolute Gasteiger partial charge is 0.335 e. The molecule has 0 fully saturated rings. The number of ketones is 1. The third-order valence-electron chi connectivity index (χ3n) is 6.10. The van der Waals surface area contributed by atoms with Gasteiger partial charge in [0.1, 0.15) is 5.75 Å². The molecule has 2 aliphatic rings. The van der Waals surface area contributed by atoms with Crippen LogP contribution >= 0.6 is 11.6 Å². The second-order valence-electron chi connectivity index (χ2n) is 9.03. The molecular formula is C25H24ClNO5. The van der Waals surface area contributed by atoms with Crippen molar-refractivity contribution >= 4 is 34.9 Å². The number of methoxy groups -OCH3 is 1. The number of hydrogen-bond donors (Lipinski definition) is 1. The minimum Gasteiger partial charge on any atom is -0.497 e. The maximum absolute atomic E-state index is 13.5. The third kappa shape index (κ3) is 3.91. The molecule has 2 aromatic carbocycles. The molecular weight excluding hydrogens is 430 g/mol. The van der Waals surface area contributed by atoms with Crippen LogP contribution in [0.15, 0.2) is 53.7 Å². The lowest BCUT2D eigenvalue weighted by molar-refractivity contribution is -0.121. The summed E-state index contributed by atoms with van der Waals surface area (Å²) in [5.74, 6) is -1.01. The van der Waals surface area contributed by atoms with Crippen LogP contribution in [0.4, 0.5) is 5.69 Å². The number of nitrogens with zero attached hydrogens (tertiary/aromatic N) is 1. The number of carbonyl (C=O) groups excluding carboxylic acids is 2. The lowest BCUT2D eigenvalue weighted by Crippen LogP contribution is -2.43. The van der Waals surface area contributed by atoms with E-state index in [1.54, 1.807) is 7.11 Å². The SMILES string of the molecule is COc1ccc(C2CC(=O)N(c3cc(C(=O)O)ccc3Cl)C3=C2C(=O)CC(C)(C)C3)cc1. The number of Topliss-reactive ketones (excluding diaryl/α,β-unsaturated/α-hetero) is 1. The fourth-order valence-electron chi connectivity index (χ4n) is 4.63. The normalized spacial score (nSPS) is 20.2. The molecule has 1 N–H and O–H groups in total. The summed E-state index contributed by atoms with van der Waals surface area (Å²) in [4.78, 5) is 39.8. The van der Waals surface area contributed by atoms with Crippen molar-refractivity contribution in [3.8, 4) is 5.75 Å². The van der Waals surface area contributed by atoms with E-state index >= 15 is 0 Å². The Bertz CT molecular complexity index is 1150. The summed E-state index contributed by atoms with van der Waals surface area (Å²) in [6, 6.07) is 11.7. The first-order valence-electron chi connectivity index (χ1n) is 10.4. The summed E-state index contributed by atoms with van der Waals surface area (Å²) in [7, 11) is 1.58. The molecule has 1 unspecified atom stereocenters. The van der Waals surface area contributed by atoms with E-state index < -0.39 is 5.97 Å². The van der Waals surface area contributed by atoms with Crippen LogP contribution in [0.25, 0.3) is 0 Å². The van der Waals surface area contributed by atoms with Gasteiger partial charge in [0.2, 0.25) is 5.91 Å². The van der Waals surface area contributed by atoms with E-state index in [0.29, 0.717) is 35.5 Å². The highest BCUT2D eigenvalue weighted by atomic mass is 35.5. The topological polar surface area (TPSA) is 83.9 Å². The van der Waals surface area contributed by atoms with Crippen molar-refractivity contribution in [1.29, 1.82) is 0 Å². The molecule has 1 amide bonds. The van der Waals surface area contributed by atoms with Gasteiger partial charge in [0.25, 0.3) is 0 Å². The summed E-state index contributed by atoms with van der Waals surface area (Å²) in [6.45, 7) is 3.98. The molecule has 0 saturated heterocycles. The Kier molecular flexibility index (Phi) is 5.59. The van der Waals surface area contributed by atoms with Crippen molar-refractivity contribution in [2.45, 2.75) is 39.0 Å². The van der Waals surface area contributed by atoms with Gasteiger partial charge in [-0.25, -0.2) is 4.79 Å². The van der Waals surface area contributed by atoms with Gasteiger partial charge in [0.05, 0.1) is 23.4 Å². The molecule has 0 aromatic heterocycles. The van der Waals surface area contributed by atoms with Crippen molar-refractivity contribution in [2.75, 3.05) is 12.0 Å². The monoisotopic (exact) mass is 453 g/mol. The predicted octanol–water partition coefficient (Wildman–Crippen LogP) is 5.21. The number of carboxylic acids is 1. The Morgan fingerprint density at radius 2 is 1.81 bits per heavy atom. The summed E-state index contributed by atoms with van der Waals surface area (Å²) in [6.07, 6.45) is 0.967. The molecule has 6 nitrogen and oxygen atoms in total. The number of carbonyl (C=O) groups is 3. The highest BCUT2D eigenvalue weighted by Crippen LogP contribution is 2.49. The minimum atomic E-state index is -1.11. The maximum atomic E-state index is 13.5. The summed E-state index contributed by atoms with van der Waals surface area (Å²) >= 11 is 6.42. The summed E-state index contributed by atoms with van der Waals surface area (Å²) < 4.78 is 5.23. The van der Waals surface area contributed by atoms with Crippen LogP contribution in [0, 0.1) is 5.41 Å². The zero-order chi connectivity index (χ0) is 23.2. The van der Waals surface area contributed by atoms with Crippen LogP contribution in [0.1, 0.15) is 54.9 Å². The number of hydrogen-bond acceptors (Lipinski definition) is 4. The number of amides is 1. The Labute approximate surface area is 191 Å². The molecule has 0 spiro atoms. The van der Waals surface area contributed by atoms with Crippen molar-refractivity contribution in [1.82, 2.24) is 0 Å². The molecule has 0 saturated carbocycles. The number of anilines is 1. The Morgan fingerprint density at radius 3 is 2.44 bits per heavy atom. The Hall–Kier alpha value is -3.12. The first kappa shape index (κ1) is 22.1. The van der Waals surface area contributed by atoms with Crippen LogP contribution in [0.2, 0.25) is 5.02 Å². The van der Waals surface area contributed by atoms with Crippen LogP contribution in [0.5, 0.6) is 5.75 Å². The van der Waals surface area contributed by atoms with E-state index in [4.69, 9.17) is 16.3 Å². The van der Waals surface area contributed by atoms with Crippen LogP contribution in [-0.4, -0.2) is 29.9 Å². The standard InChI is InChI=1S/C25H24ClNO5/c1-25(2)12-20-23(21(28)13-25)17(14-4-7-16(32-3)8-5-14)11-22(29)27(20)19-10-15(24(30)31)6-9-18(19)26/h4-10,17H,11-13H2,1-3H3,(H,30,31). The fourth-order valence-corrected chi connectivity index (χ4v) is 4.83. The predicted molar refractivity (Wildman–Crippen MR) is 121 cm³/mol. The van der Waals surface area contributed by atoms with Gasteiger partial charge in [-0.1, -0.05) is 37.6 Å². The molecule has 1 aliphatic heterocycles. The molecule has 1 aliphatic carbocycles. The average molecular weight is 454 g/mol. The van der Waals surface area contributed by atoms with E-state index in [1.165, 1.54) is 23.1 Å². The highest BCUT2D eigenvalue weighted by molar-refractivity contribution is 6.34. The van der Waals surface area contributed by atoms with Crippen molar-refractivity contribution in [2.24, 2.45) is 5.41 Å². The minimum absolute atomic E-state index is 0.0000738. The van der Waals surface area contributed by atoms with E-state index in [9.17, 15) is 19.5 Å². The third-order valence-corrected chi connectivity index (χ3v) is 6.41. The van der Waals surface area contributed by atoms with Gasteiger partial charge < -0.3 is 9.84 Å². The molecule has 7 heteroatoms. The van der Waals surface area contributed by atoms with Gasteiger partial charge >= 0.3 is 5.97 Å². The van der Waals surface area contributed by atoms with E-state index in [1.807, 2.05) is 38.1 Å². The zero-order valence-electron chi connectivity index (χ0n) is 18.1. The van der Waals surface area contributed by atoms with Gasteiger partial charge in [-0.3, -0.25) is 14.5 Å². The fraction of sp³-hybridized carbons (Fsp3) is 0.320. The number of aromatic carboxylic acids is 1. The molecule has 0 bridgehead atoms. The molecule has 4 rings (SSSR count). The number of carboxylic acid groups (broad SMARTS) is 1. The average Bonchev–Trinajstić information content (AvgIpc) is 2.73. The Balaban J connectivity index is 1.90. The lowest BCUT2D eigenvalue weighted by Gasteiger charge is -2.43. The zero-order valence-corrected chi connectivity index (χ0v) is 18.9. The van der Waals surface area contributed by atoms with Crippen LogP contribution < -0.4 is 9.64 Å². The largest absolute Gasteiger partial charge is 0.497 e. The number of rotatable bonds is 4. The van der Waals surface area contributed by atoms with Crippen molar-refractivity contribution in [3.05, 3.63) is 69.9 Å². The van der Waals surface area contributed by atoms with E-state index in [2.05, 4.69) is 0 Å². The van der Waals surface area contributed by atoms with E-state index in [0.717, 1.165) is 5.56 Å². The van der Waals surface area contributed by atoms with Crippen LogP contribution in [-0.2, 0) is 9.59 Å². The van der Waals surface area contributed by atoms with E-state index in [-0.39, 0.29) is 40.0 Å². The summed E-state index contributed by atoms with van der Waals surface area (Å²) in [5, 5.41) is 9.69. The lowest BCUT2D eigenvalue weighted by atomic mass is 9.69. The van der Waals surface area contributed by atoms with Gasteiger partial charge in [0, 0.05) is 30.0 Å². The molecule has 32 heavy (non-hydrogen) atoms. The molecule has 2 aromatic rings. The first-order chi connectivity index (χ1) is 15.1. The molecule has 1 atom stereocenters. The van der Waals surface area contributed by atoms with Gasteiger partial charge in [-0.15, -0.1) is 0 Å². The molecule has 166 valence electrons. The van der Waals surface area contributed by atoms with Gasteiger partial charge in [-0.05, 0) is 47.7 Å². The molecule has 0 radical (unpaired) electrons. The Morgan fingerprint density at radius 1 is 1.12 bits per heavy atom. The van der Waals surface area contributed by atoms with Gasteiger partial charge in [-0.2, -0.15) is 0 Å². The number of ether oxygens (including phenoxy) is 1. The quantitative estimate of drug-likeness (QED) is 0.686. The first-order valence-corrected chi connectivity index (χ1v) is 10.7.